The molecule has 0 spiro atoms. The van der Waals surface area contributed by atoms with Crippen molar-refractivity contribution >= 4 is 0 Å². The second kappa shape index (κ2) is 4.86. The summed E-state index contributed by atoms with van der Waals surface area (Å²) in [6.45, 7) is 5.68. The van der Waals surface area contributed by atoms with Gasteiger partial charge in [0.1, 0.15) is 5.82 Å². The van der Waals surface area contributed by atoms with E-state index >= 15 is 0 Å². The van der Waals surface area contributed by atoms with Crippen molar-refractivity contribution in [2.75, 3.05) is 0 Å². The fraction of sp³-hybridized carbons (Fsp3) is 0.385. The summed E-state index contributed by atoms with van der Waals surface area (Å²) < 4.78 is 14.8. The van der Waals surface area contributed by atoms with Gasteiger partial charge >= 0.3 is 0 Å². The smallest absolute Gasteiger partial charge is 0.159 e. The highest BCUT2D eigenvalue weighted by atomic mass is 19.1. The van der Waals surface area contributed by atoms with E-state index in [4.69, 9.17) is 0 Å². The molecule has 96 valence electrons. The normalized spacial score (nSPS) is 10.9. The van der Waals surface area contributed by atoms with E-state index in [0.717, 1.165) is 29.6 Å². The van der Waals surface area contributed by atoms with E-state index in [2.05, 4.69) is 17.0 Å². The topological polar surface area (TPSA) is 50.9 Å². The van der Waals surface area contributed by atoms with Crippen LogP contribution in [-0.4, -0.2) is 19.9 Å². The van der Waals surface area contributed by atoms with Crippen molar-refractivity contribution in [3.8, 4) is 5.82 Å². The second-order valence-electron chi connectivity index (χ2n) is 4.21. The first-order chi connectivity index (χ1) is 8.58. The highest BCUT2D eigenvalue weighted by Gasteiger charge is 2.15. The largest absolute Gasteiger partial charge is 0.392 e. The fourth-order valence-electron chi connectivity index (χ4n) is 2.17. The number of nitrogens with zero attached hydrogens (tertiary/aromatic N) is 3. The maximum absolute atomic E-state index is 13.1. The highest BCUT2D eigenvalue weighted by Crippen LogP contribution is 2.20. The summed E-state index contributed by atoms with van der Waals surface area (Å²) in [6.07, 6.45) is 2.02. The van der Waals surface area contributed by atoms with Crippen LogP contribution >= 0.6 is 0 Å². The summed E-state index contributed by atoms with van der Waals surface area (Å²) in [5.74, 6) is 0.0271. The minimum Gasteiger partial charge on any atom is -0.392 e. The average molecular weight is 249 g/mol. The van der Waals surface area contributed by atoms with Crippen molar-refractivity contribution in [2.24, 2.45) is 0 Å². The van der Waals surface area contributed by atoms with Crippen LogP contribution < -0.4 is 0 Å². The van der Waals surface area contributed by atoms with Crippen molar-refractivity contribution in [3.63, 3.8) is 0 Å². The third-order valence-electron chi connectivity index (χ3n) is 3.08. The van der Waals surface area contributed by atoms with E-state index in [9.17, 15) is 9.50 Å². The molecule has 2 aromatic rings. The van der Waals surface area contributed by atoms with Gasteiger partial charge in [0, 0.05) is 11.3 Å². The van der Waals surface area contributed by atoms with Gasteiger partial charge in [0.2, 0.25) is 0 Å². The molecule has 0 amide bonds. The Kier molecular flexibility index (Phi) is 3.43. The molecule has 2 aromatic heterocycles. The van der Waals surface area contributed by atoms with Crippen molar-refractivity contribution in [2.45, 2.75) is 33.8 Å². The van der Waals surface area contributed by atoms with E-state index in [1.165, 1.54) is 6.07 Å². The molecule has 0 aliphatic rings. The zero-order valence-corrected chi connectivity index (χ0v) is 10.7. The van der Waals surface area contributed by atoms with Crippen LogP contribution in [0.15, 0.2) is 12.3 Å². The molecule has 18 heavy (non-hydrogen) atoms. The van der Waals surface area contributed by atoms with E-state index in [0.29, 0.717) is 11.4 Å². The minimum atomic E-state index is -0.458. The van der Waals surface area contributed by atoms with Crippen LogP contribution in [-0.2, 0) is 13.0 Å². The summed E-state index contributed by atoms with van der Waals surface area (Å²) in [4.78, 5) is 4.03. The maximum Gasteiger partial charge on any atom is 0.159 e. The molecule has 0 bridgehead atoms. The summed E-state index contributed by atoms with van der Waals surface area (Å²) in [6, 6.07) is 1.28. The molecule has 0 aromatic carbocycles. The van der Waals surface area contributed by atoms with Gasteiger partial charge in [-0.15, -0.1) is 0 Å². The van der Waals surface area contributed by atoms with Gasteiger partial charge in [0.25, 0.3) is 0 Å². The third kappa shape index (κ3) is 2.01. The number of aliphatic hydroxyl groups is 1. The highest BCUT2D eigenvalue weighted by molar-refractivity contribution is 5.38. The summed E-state index contributed by atoms with van der Waals surface area (Å²) >= 11 is 0. The van der Waals surface area contributed by atoms with Crippen LogP contribution in [0.25, 0.3) is 5.82 Å². The molecule has 0 saturated carbocycles. The van der Waals surface area contributed by atoms with E-state index in [1.54, 1.807) is 4.68 Å². The number of aromatic nitrogens is 3. The van der Waals surface area contributed by atoms with Crippen molar-refractivity contribution in [3.05, 3.63) is 40.6 Å². The Labute approximate surface area is 105 Å². The molecule has 2 heterocycles. The number of pyridine rings is 1. The van der Waals surface area contributed by atoms with Crippen LogP contribution in [0, 0.1) is 19.7 Å². The predicted molar refractivity (Wildman–Crippen MR) is 66.1 cm³/mol. The Hall–Kier alpha value is -1.75. The second-order valence-corrected chi connectivity index (χ2v) is 4.21. The summed E-state index contributed by atoms with van der Waals surface area (Å²) in [5.41, 5.74) is 3.50. The molecule has 0 atom stereocenters. The monoisotopic (exact) mass is 249 g/mol. The molecule has 0 fully saturated rings. The number of aryl methyl sites for hydroxylation is 1. The van der Waals surface area contributed by atoms with Gasteiger partial charge in [-0.2, -0.15) is 5.10 Å². The van der Waals surface area contributed by atoms with Crippen LogP contribution in [0.1, 0.15) is 29.4 Å². The Balaban J connectivity index is 2.62. The van der Waals surface area contributed by atoms with E-state index in [1.807, 2.05) is 13.8 Å². The SMILES string of the molecule is CCc1c(C)nn(-c2ncc(F)cc2CO)c1C. The predicted octanol–water partition coefficient (Wildman–Crippen LogP) is 2.08. The maximum atomic E-state index is 13.1. The lowest BCUT2D eigenvalue weighted by Crippen LogP contribution is -2.07. The molecular weight excluding hydrogens is 233 g/mol. The lowest BCUT2D eigenvalue weighted by atomic mass is 10.1. The van der Waals surface area contributed by atoms with Crippen molar-refractivity contribution in [1.82, 2.24) is 14.8 Å². The van der Waals surface area contributed by atoms with E-state index in [-0.39, 0.29) is 6.61 Å². The Morgan fingerprint density at radius 3 is 2.67 bits per heavy atom. The van der Waals surface area contributed by atoms with Crippen molar-refractivity contribution < 1.29 is 9.50 Å². The molecular formula is C13H16FN3O. The fourth-order valence-corrected chi connectivity index (χ4v) is 2.17. The molecule has 0 aliphatic heterocycles. The molecule has 5 heteroatoms. The zero-order valence-electron chi connectivity index (χ0n) is 10.7. The lowest BCUT2D eigenvalue weighted by molar-refractivity contribution is 0.280. The molecule has 0 aliphatic carbocycles. The average Bonchev–Trinajstić information content (AvgIpc) is 2.64. The third-order valence-corrected chi connectivity index (χ3v) is 3.08. The number of aliphatic hydroxyl groups excluding tert-OH is 1. The zero-order chi connectivity index (χ0) is 13.3. The molecule has 0 unspecified atom stereocenters. The number of halogens is 1. The van der Waals surface area contributed by atoms with Gasteiger partial charge in [-0.05, 0) is 31.9 Å². The number of hydrogen-bond acceptors (Lipinski definition) is 3. The number of hydrogen-bond donors (Lipinski definition) is 1. The standard InChI is InChI=1S/C13H16FN3O/c1-4-12-8(2)16-17(9(12)3)13-10(7-18)5-11(14)6-15-13/h5-6,18H,4,7H2,1-3H3. The first-order valence-corrected chi connectivity index (χ1v) is 5.89. The number of rotatable bonds is 3. The minimum absolute atomic E-state index is 0.264. The van der Waals surface area contributed by atoms with Crippen LogP contribution in [0.4, 0.5) is 4.39 Å². The Bertz CT molecular complexity index is 578. The quantitative estimate of drug-likeness (QED) is 0.906. The molecule has 0 saturated heterocycles. The van der Waals surface area contributed by atoms with E-state index < -0.39 is 5.82 Å². The summed E-state index contributed by atoms with van der Waals surface area (Å²) in [7, 11) is 0. The Morgan fingerprint density at radius 1 is 1.39 bits per heavy atom. The lowest BCUT2D eigenvalue weighted by Gasteiger charge is -2.08. The van der Waals surface area contributed by atoms with Gasteiger partial charge in [-0.25, -0.2) is 14.1 Å². The molecule has 4 nitrogen and oxygen atoms in total. The van der Waals surface area contributed by atoms with Crippen LogP contribution in [0.5, 0.6) is 0 Å². The van der Waals surface area contributed by atoms with Gasteiger partial charge in [0.15, 0.2) is 5.82 Å². The van der Waals surface area contributed by atoms with Crippen LogP contribution in [0.3, 0.4) is 0 Å². The summed E-state index contributed by atoms with van der Waals surface area (Å²) in [5, 5.41) is 13.7. The first-order valence-electron chi connectivity index (χ1n) is 5.89. The Morgan fingerprint density at radius 2 is 2.11 bits per heavy atom. The van der Waals surface area contributed by atoms with Gasteiger partial charge in [-0.1, -0.05) is 6.92 Å². The van der Waals surface area contributed by atoms with Gasteiger partial charge in [0.05, 0.1) is 18.5 Å². The first kappa shape index (κ1) is 12.7. The van der Waals surface area contributed by atoms with Gasteiger partial charge < -0.3 is 5.11 Å². The van der Waals surface area contributed by atoms with Crippen LogP contribution in [0.2, 0.25) is 0 Å². The molecule has 1 N–H and O–H groups in total. The molecule has 0 radical (unpaired) electrons. The van der Waals surface area contributed by atoms with Gasteiger partial charge in [-0.3, -0.25) is 0 Å². The van der Waals surface area contributed by atoms with Crippen molar-refractivity contribution in [1.29, 1.82) is 0 Å². The molecule has 2 rings (SSSR count).